The number of amides is 1. The van der Waals surface area contributed by atoms with Gasteiger partial charge in [0.25, 0.3) is 0 Å². The van der Waals surface area contributed by atoms with Gasteiger partial charge < -0.3 is 24.6 Å². The van der Waals surface area contributed by atoms with Gasteiger partial charge in [0.15, 0.2) is 18.6 Å². The van der Waals surface area contributed by atoms with E-state index in [1.54, 1.807) is 0 Å². The van der Waals surface area contributed by atoms with E-state index in [1.165, 1.54) is 0 Å². The lowest BCUT2D eigenvalue weighted by Gasteiger charge is -2.40. The summed E-state index contributed by atoms with van der Waals surface area (Å²) in [6.45, 7) is 2.92. The summed E-state index contributed by atoms with van der Waals surface area (Å²) in [4.78, 5) is 32.9. The molecule has 0 aliphatic carbocycles. The number of aliphatic hydroxyl groups excluding tert-OH is 1. The van der Waals surface area contributed by atoms with Crippen LogP contribution in [0.4, 0.5) is 4.39 Å². The van der Waals surface area contributed by atoms with Gasteiger partial charge in [-0.3, -0.25) is 14.4 Å². The van der Waals surface area contributed by atoms with Crippen LogP contribution in [0.1, 0.15) is 20.8 Å². The van der Waals surface area contributed by atoms with Crippen molar-refractivity contribution in [3.05, 3.63) is 0 Å². The Bertz CT molecular complexity index is 416. The zero-order valence-electron chi connectivity index (χ0n) is 11.9. The number of ether oxygens (including phenoxy) is 3. The molecule has 2 N–H and O–H groups in total. The molecule has 1 saturated heterocycles. The van der Waals surface area contributed by atoms with Gasteiger partial charge in [0.05, 0.1) is 0 Å². The molecule has 0 spiro atoms. The van der Waals surface area contributed by atoms with Crippen molar-refractivity contribution < 1.29 is 38.1 Å². The van der Waals surface area contributed by atoms with E-state index in [1.807, 2.05) is 0 Å². The molecule has 120 valence electrons. The molecule has 1 aliphatic heterocycles. The van der Waals surface area contributed by atoms with Gasteiger partial charge >= 0.3 is 11.9 Å². The van der Waals surface area contributed by atoms with Gasteiger partial charge in [0.1, 0.15) is 18.8 Å². The average Bonchev–Trinajstić information content (AvgIpc) is 2.35. The Morgan fingerprint density at radius 3 is 2.33 bits per heavy atom. The highest BCUT2D eigenvalue weighted by Gasteiger charge is 2.48. The van der Waals surface area contributed by atoms with Crippen LogP contribution in [0.15, 0.2) is 0 Å². The summed E-state index contributed by atoms with van der Waals surface area (Å²) in [6, 6.07) is -1.25. The van der Waals surface area contributed by atoms with E-state index in [9.17, 15) is 23.9 Å². The summed E-state index contributed by atoms with van der Waals surface area (Å²) >= 11 is 0. The predicted molar refractivity (Wildman–Crippen MR) is 65.6 cm³/mol. The van der Waals surface area contributed by atoms with Crippen LogP contribution in [-0.2, 0) is 28.6 Å². The molecular formula is C12H18FNO7. The standard InChI is InChI=1S/C12H18FNO7/c1-5(15)14-10-11(20-7(3)17)9(13)8(21-12(10)18)4-19-6(2)16/h8-12,18H,4H2,1-3H3,(H,14,15)/t8?,9-,10?,11?,12+/m0/s1. The molecule has 9 heteroatoms. The summed E-state index contributed by atoms with van der Waals surface area (Å²) in [5.74, 6) is -1.97. The molecule has 3 unspecified atom stereocenters. The largest absolute Gasteiger partial charge is 0.463 e. The number of carbonyl (C=O) groups excluding carboxylic acids is 3. The van der Waals surface area contributed by atoms with E-state index in [-0.39, 0.29) is 0 Å². The maximum absolute atomic E-state index is 14.3. The van der Waals surface area contributed by atoms with Crippen LogP contribution in [-0.4, -0.2) is 60.3 Å². The summed E-state index contributed by atoms with van der Waals surface area (Å²) in [6.07, 6.45) is -6.24. The molecule has 1 aliphatic rings. The number of nitrogens with one attached hydrogen (secondary N) is 1. The van der Waals surface area contributed by atoms with Crippen LogP contribution < -0.4 is 5.32 Å². The highest BCUT2D eigenvalue weighted by molar-refractivity contribution is 5.73. The monoisotopic (exact) mass is 307 g/mol. The number of hydrogen-bond donors (Lipinski definition) is 2. The first-order valence-corrected chi connectivity index (χ1v) is 6.27. The Morgan fingerprint density at radius 1 is 1.24 bits per heavy atom. The van der Waals surface area contributed by atoms with E-state index < -0.39 is 55.2 Å². The van der Waals surface area contributed by atoms with Crippen molar-refractivity contribution in [3.8, 4) is 0 Å². The molecule has 0 bridgehead atoms. The van der Waals surface area contributed by atoms with Crippen molar-refractivity contribution in [3.63, 3.8) is 0 Å². The Kier molecular flexibility index (Phi) is 6.03. The van der Waals surface area contributed by atoms with Crippen LogP contribution in [0.2, 0.25) is 0 Å². The number of hydrogen-bond acceptors (Lipinski definition) is 7. The fraction of sp³-hybridized carbons (Fsp3) is 0.750. The number of esters is 2. The number of rotatable bonds is 4. The number of aliphatic hydroxyl groups is 1. The zero-order chi connectivity index (χ0) is 16.2. The maximum Gasteiger partial charge on any atom is 0.303 e. The molecule has 0 aromatic rings. The van der Waals surface area contributed by atoms with E-state index in [0.717, 1.165) is 20.8 Å². The van der Waals surface area contributed by atoms with Gasteiger partial charge in [0, 0.05) is 20.8 Å². The van der Waals surface area contributed by atoms with Crippen molar-refractivity contribution in [2.24, 2.45) is 0 Å². The second-order valence-electron chi connectivity index (χ2n) is 4.61. The van der Waals surface area contributed by atoms with Crippen molar-refractivity contribution in [1.29, 1.82) is 0 Å². The lowest BCUT2D eigenvalue weighted by atomic mass is 9.98. The Balaban J connectivity index is 2.87. The SMILES string of the molecule is CC(=O)NC1C(OC(C)=O)[C@@H](F)C(COC(C)=O)O[C@H]1O. The minimum absolute atomic E-state index is 0.446. The average molecular weight is 307 g/mol. The molecular weight excluding hydrogens is 289 g/mol. The third-order valence-electron chi connectivity index (χ3n) is 2.77. The molecule has 1 heterocycles. The highest BCUT2D eigenvalue weighted by Crippen LogP contribution is 2.25. The van der Waals surface area contributed by atoms with Gasteiger partial charge in [-0.25, -0.2) is 4.39 Å². The van der Waals surface area contributed by atoms with Crippen LogP contribution in [0, 0.1) is 0 Å². The third kappa shape index (κ3) is 4.94. The fourth-order valence-electron chi connectivity index (χ4n) is 1.96. The van der Waals surface area contributed by atoms with E-state index in [2.05, 4.69) is 10.1 Å². The highest BCUT2D eigenvalue weighted by atomic mass is 19.1. The van der Waals surface area contributed by atoms with Gasteiger partial charge in [-0.2, -0.15) is 0 Å². The number of carbonyl (C=O) groups is 3. The molecule has 0 aromatic carbocycles. The lowest BCUT2D eigenvalue weighted by molar-refractivity contribution is -0.247. The van der Waals surface area contributed by atoms with Crippen LogP contribution in [0.25, 0.3) is 0 Å². The predicted octanol–water partition coefficient (Wildman–Crippen LogP) is -0.959. The second kappa shape index (κ2) is 7.32. The molecule has 1 amide bonds. The zero-order valence-corrected chi connectivity index (χ0v) is 11.9. The van der Waals surface area contributed by atoms with Gasteiger partial charge in [-0.05, 0) is 0 Å². The molecule has 1 fully saturated rings. The van der Waals surface area contributed by atoms with E-state index in [0.29, 0.717) is 0 Å². The Morgan fingerprint density at radius 2 is 1.86 bits per heavy atom. The summed E-state index contributed by atoms with van der Waals surface area (Å²) in [5.41, 5.74) is 0. The maximum atomic E-state index is 14.3. The Hall–Kier alpha value is -1.74. The van der Waals surface area contributed by atoms with E-state index in [4.69, 9.17) is 9.47 Å². The van der Waals surface area contributed by atoms with Gasteiger partial charge in [0.2, 0.25) is 5.91 Å². The summed E-state index contributed by atoms with van der Waals surface area (Å²) in [5, 5.41) is 12.1. The molecule has 1 rings (SSSR count). The van der Waals surface area contributed by atoms with Crippen molar-refractivity contribution in [2.45, 2.75) is 51.5 Å². The number of alkyl halides is 1. The number of halogens is 1. The summed E-state index contributed by atoms with van der Waals surface area (Å²) < 4.78 is 28.8. The quantitative estimate of drug-likeness (QED) is 0.643. The normalized spacial score (nSPS) is 32.1. The van der Waals surface area contributed by atoms with E-state index >= 15 is 0 Å². The van der Waals surface area contributed by atoms with Gasteiger partial charge in [-0.1, -0.05) is 0 Å². The third-order valence-corrected chi connectivity index (χ3v) is 2.77. The van der Waals surface area contributed by atoms with Crippen molar-refractivity contribution in [2.75, 3.05) is 6.61 Å². The first kappa shape index (κ1) is 17.3. The van der Waals surface area contributed by atoms with Crippen LogP contribution >= 0.6 is 0 Å². The lowest BCUT2D eigenvalue weighted by Crippen LogP contribution is -2.64. The topological polar surface area (TPSA) is 111 Å². The molecule has 0 saturated carbocycles. The molecule has 8 nitrogen and oxygen atoms in total. The second-order valence-corrected chi connectivity index (χ2v) is 4.61. The minimum Gasteiger partial charge on any atom is -0.463 e. The summed E-state index contributed by atoms with van der Waals surface area (Å²) in [7, 11) is 0. The van der Waals surface area contributed by atoms with Crippen LogP contribution in [0.5, 0.6) is 0 Å². The fourth-order valence-corrected chi connectivity index (χ4v) is 1.96. The van der Waals surface area contributed by atoms with Crippen molar-refractivity contribution >= 4 is 17.8 Å². The molecule has 21 heavy (non-hydrogen) atoms. The van der Waals surface area contributed by atoms with Gasteiger partial charge in [-0.15, -0.1) is 0 Å². The molecule has 0 radical (unpaired) electrons. The first-order valence-electron chi connectivity index (χ1n) is 6.27. The Labute approximate surface area is 120 Å². The molecule has 5 atom stereocenters. The smallest absolute Gasteiger partial charge is 0.303 e. The molecule has 0 aromatic heterocycles. The first-order chi connectivity index (χ1) is 9.72. The van der Waals surface area contributed by atoms with Crippen LogP contribution in [0.3, 0.4) is 0 Å². The minimum atomic E-state index is -1.88. The van der Waals surface area contributed by atoms with Crippen molar-refractivity contribution in [1.82, 2.24) is 5.32 Å².